The third-order valence-corrected chi connectivity index (χ3v) is 4.80. The molecule has 10 nitrogen and oxygen atoms in total. The Morgan fingerprint density at radius 3 is 2.80 bits per heavy atom. The van der Waals surface area contributed by atoms with Crippen molar-refractivity contribution in [2.24, 2.45) is 0 Å². The predicted octanol–water partition coefficient (Wildman–Crippen LogP) is 3.38. The van der Waals surface area contributed by atoms with E-state index in [-0.39, 0.29) is 23.7 Å². The molecule has 2 heterocycles. The van der Waals surface area contributed by atoms with Crippen LogP contribution in [0.2, 0.25) is 0 Å². The number of amides is 1. The van der Waals surface area contributed by atoms with Gasteiger partial charge in [-0.2, -0.15) is 5.10 Å². The number of aromatic nitrogens is 2. The highest BCUT2D eigenvalue weighted by molar-refractivity contribution is 7.16. The molecule has 3 rings (SSSR count). The number of carbonyl (C=O) groups is 2. The number of hydrogen-bond acceptors (Lipinski definition) is 8. The summed E-state index contributed by atoms with van der Waals surface area (Å²) < 4.78 is 24.5. The maximum absolute atomic E-state index is 13.4. The summed E-state index contributed by atoms with van der Waals surface area (Å²) in [4.78, 5) is 35.4. The highest BCUT2D eigenvalue weighted by atomic mass is 32.1. The fourth-order valence-corrected chi connectivity index (χ4v) is 3.38. The molecule has 0 aliphatic heterocycles. The summed E-state index contributed by atoms with van der Waals surface area (Å²) in [5.74, 6) is -2.11. The topological polar surface area (TPSA) is 126 Å². The number of aryl methyl sites for hydroxylation is 1. The lowest BCUT2D eigenvalue weighted by molar-refractivity contribution is -0.386. The van der Waals surface area contributed by atoms with E-state index in [1.54, 1.807) is 13.0 Å². The van der Waals surface area contributed by atoms with Crippen LogP contribution in [0.3, 0.4) is 0 Å². The van der Waals surface area contributed by atoms with Gasteiger partial charge >= 0.3 is 11.7 Å². The smallest absolute Gasteiger partial charge is 0.340 e. The second kappa shape index (κ2) is 8.69. The second-order valence-corrected chi connectivity index (χ2v) is 7.18. The fourth-order valence-electron chi connectivity index (χ4n) is 2.48. The molecule has 2 aromatic heterocycles. The molecule has 0 aliphatic carbocycles. The first-order valence-electron chi connectivity index (χ1n) is 8.38. The minimum Gasteiger partial charge on any atom is -0.465 e. The number of nitro benzene ring substituents is 1. The SMILES string of the molecule is COC(=O)c1cc(C)sc1NC(=O)c1ccn(COc2cc(F)ccc2[N+](=O)[O-])n1. The molecule has 30 heavy (non-hydrogen) atoms. The number of carbonyl (C=O) groups excluding carboxylic acids is 2. The highest BCUT2D eigenvalue weighted by Crippen LogP contribution is 2.29. The Kier molecular flexibility index (Phi) is 6.06. The van der Waals surface area contributed by atoms with Gasteiger partial charge in [-0.15, -0.1) is 11.3 Å². The molecule has 3 aromatic rings. The normalized spacial score (nSPS) is 10.5. The van der Waals surface area contributed by atoms with Gasteiger partial charge in [-0.1, -0.05) is 0 Å². The van der Waals surface area contributed by atoms with Crippen LogP contribution in [0.15, 0.2) is 36.5 Å². The number of ether oxygens (including phenoxy) is 2. The molecule has 1 N–H and O–H groups in total. The van der Waals surface area contributed by atoms with Crippen molar-refractivity contribution in [3.63, 3.8) is 0 Å². The highest BCUT2D eigenvalue weighted by Gasteiger charge is 2.20. The van der Waals surface area contributed by atoms with Crippen LogP contribution in [-0.2, 0) is 11.5 Å². The zero-order chi connectivity index (χ0) is 21.8. The lowest BCUT2D eigenvalue weighted by atomic mass is 10.3. The van der Waals surface area contributed by atoms with Crippen molar-refractivity contribution in [1.29, 1.82) is 0 Å². The molecular weight excluding hydrogens is 419 g/mol. The molecule has 0 unspecified atom stereocenters. The van der Waals surface area contributed by atoms with E-state index in [2.05, 4.69) is 10.4 Å². The van der Waals surface area contributed by atoms with Gasteiger partial charge in [0.25, 0.3) is 5.91 Å². The minimum absolute atomic E-state index is 0.0224. The van der Waals surface area contributed by atoms with Gasteiger partial charge in [-0.3, -0.25) is 14.9 Å². The van der Waals surface area contributed by atoms with Crippen LogP contribution in [-0.4, -0.2) is 33.7 Å². The van der Waals surface area contributed by atoms with Crippen LogP contribution in [0.1, 0.15) is 25.7 Å². The number of nitrogens with one attached hydrogen (secondary N) is 1. The number of halogens is 1. The van der Waals surface area contributed by atoms with Crippen molar-refractivity contribution in [2.75, 3.05) is 12.4 Å². The van der Waals surface area contributed by atoms with E-state index < -0.39 is 28.3 Å². The van der Waals surface area contributed by atoms with E-state index in [0.29, 0.717) is 5.00 Å². The molecule has 0 spiro atoms. The number of thiophene rings is 1. The Labute approximate surface area is 173 Å². The largest absolute Gasteiger partial charge is 0.465 e. The first-order valence-corrected chi connectivity index (χ1v) is 9.20. The van der Waals surface area contributed by atoms with Gasteiger partial charge in [0.15, 0.2) is 12.4 Å². The van der Waals surface area contributed by atoms with E-state index in [1.165, 1.54) is 35.4 Å². The van der Waals surface area contributed by atoms with Crippen LogP contribution in [0, 0.1) is 22.9 Å². The Morgan fingerprint density at radius 1 is 1.33 bits per heavy atom. The van der Waals surface area contributed by atoms with Gasteiger partial charge < -0.3 is 14.8 Å². The summed E-state index contributed by atoms with van der Waals surface area (Å²) in [6, 6.07) is 5.84. The molecule has 0 aliphatic rings. The molecule has 12 heteroatoms. The van der Waals surface area contributed by atoms with E-state index in [9.17, 15) is 24.1 Å². The summed E-state index contributed by atoms with van der Waals surface area (Å²) in [7, 11) is 1.24. The first kappa shape index (κ1) is 20.9. The molecule has 1 amide bonds. The Balaban J connectivity index is 1.70. The van der Waals surface area contributed by atoms with Crippen LogP contribution >= 0.6 is 11.3 Å². The number of rotatable bonds is 7. The summed E-state index contributed by atoms with van der Waals surface area (Å²) in [6.07, 6.45) is 1.42. The van der Waals surface area contributed by atoms with Gasteiger partial charge in [0.2, 0.25) is 5.75 Å². The first-order chi connectivity index (χ1) is 14.3. The van der Waals surface area contributed by atoms with Gasteiger partial charge in [0.1, 0.15) is 10.8 Å². The summed E-state index contributed by atoms with van der Waals surface area (Å²) in [5.41, 5.74) is -0.145. The molecule has 0 saturated carbocycles. The average Bonchev–Trinajstić information content (AvgIpc) is 3.32. The number of methoxy groups -OCH3 is 1. The lowest BCUT2D eigenvalue weighted by Gasteiger charge is -2.07. The quantitative estimate of drug-likeness (QED) is 0.343. The number of nitro groups is 1. The maximum atomic E-state index is 13.4. The number of benzene rings is 1. The minimum atomic E-state index is -0.696. The molecular formula is C18H15FN4O6S. The molecule has 0 bridgehead atoms. The van der Waals surface area contributed by atoms with E-state index >= 15 is 0 Å². The van der Waals surface area contributed by atoms with Crippen LogP contribution in [0.5, 0.6) is 5.75 Å². The maximum Gasteiger partial charge on any atom is 0.340 e. The monoisotopic (exact) mass is 434 g/mol. The van der Waals surface area contributed by atoms with E-state index in [4.69, 9.17) is 9.47 Å². The molecule has 156 valence electrons. The molecule has 0 atom stereocenters. The summed E-state index contributed by atoms with van der Waals surface area (Å²) in [5, 5.41) is 18.0. The van der Waals surface area contributed by atoms with Crippen LogP contribution in [0.4, 0.5) is 15.1 Å². The zero-order valence-electron chi connectivity index (χ0n) is 15.7. The van der Waals surface area contributed by atoms with Crippen molar-refractivity contribution >= 4 is 33.9 Å². The number of nitrogens with zero attached hydrogens (tertiary/aromatic N) is 3. The molecule has 0 saturated heterocycles. The van der Waals surface area contributed by atoms with Gasteiger partial charge in [-0.25, -0.2) is 13.9 Å². The Morgan fingerprint density at radius 2 is 2.10 bits per heavy atom. The Hall–Kier alpha value is -3.80. The lowest BCUT2D eigenvalue weighted by Crippen LogP contribution is -2.15. The van der Waals surface area contributed by atoms with Crippen molar-refractivity contribution in [1.82, 2.24) is 9.78 Å². The van der Waals surface area contributed by atoms with E-state index in [1.807, 2.05) is 0 Å². The van der Waals surface area contributed by atoms with Gasteiger partial charge in [0, 0.05) is 23.2 Å². The van der Waals surface area contributed by atoms with Gasteiger partial charge in [0.05, 0.1) is 17.6 Å². The van der Waals surface area contributed by atoms with Gasteiger partial charge in [-0.05, 0) is 25.1 Å². The summed E-state index contributed by atoms with van der Waals surface area (Å²) >= 11 is 1.21. The molecule has 0 radical (unpaired) electrons. The predicted molar refractivity (Wildman–Crippen MR) is 104 cm³/mol. The molecule has 0 fully saturated rings. The third kappa shape index (κ3) is 4.60. The average molecular weight is 434 g/mol. The third-order valence-electron chi connectivity index (χ3n) is 3.83. The van der Waals surface area contributed by atoms with Crippen molar-refractivity contribution in [2.45, 2.75) is 13.7 Å². The second-order valence-electron chi connectivity index (χ2n) is 5.93. The van der Waals surface area contributed by atoms with Crippen molar-refractivity contribution < 1.29 is 28.4 Å². The van der Waals surface area contributed by atoms with Crippen molar-refractivity contribution in [3.05, 3.63) is 68.6 Å². The standard InChI is InChI=1S/C18H15FN4O6S/c1-10-7-12(18(25)28-2)17(30-10)20-16(24)13-5-6-22(21-13)9-29-15-8-11(19)3-4-14(15)23(26)27/h3-8H,9H2,1-2H3,(H,20,24). The van der Waals surface area contributed by atoms with Crippen LogP contribution in [0.25, 0.3) is 0 Å². The van der Waals surface area contributed by atoms with Crippen LogP contribution < -0.4 is 10.1 Å². The Bertz CT molecular complexity index is 1130. The molecule has 1 aromatic carbocycles. The number of hydrogen-bond donors (Lipinski definition) is 1. The fraction of sp³-hybridized carbons (Fsp3) is 0.167. The number of esters is 1. The van der Waals surface area contributed by atoms with E-state index in [0.717, 1.165) is 23.1 Å². The zero-order valence-corrected chi connectivity index (χ0v) is 16.6. The van der Waals surface area contributed by atoms with Crippen molar-refractivity contribution in [3.8, 4) is 5.75 Å². The summed E-state index contributed by atoms with van der Waals surface area (Å²) in [6.45, 7) is 1.49. The number of anilines is 1.